The van der Waals surface area contributed by atoms with Crippen molar-refractivity contribution < 1.29 is 0 Å². The standard InChI is InChI=1S/C57H43BN4/c1-56(2,3)39-30-43-52-50-37(29-49-51(52)42-16-8-9-19-48(42)62(49)41-26-22-35(33-60)23-27-41)14-10-17-45(50)58-46-18-11-15-38-28-47(61-40-24-20-34(32-59)21-25-40)54(36-12-6-5-7-13-36)57(4,53(38)46)44(31-39)55(43)58/h5-6,8-12,14-31,54,61H,7,13H2,1-4H3. The van der Waals surface area contributed by atoms with Crippen LogP contribution in [0.3, 0.4) is 0 Å². The molecule has 0 bridgehead atoms. The lowest BCUT2D eigenvalue weighted by Crippen LogP contribution is -2.65. The molecule has 8 aromatic rings. The first-order chi connectivity index (χ1) is 30.2. The van der Waals surface area contributed by atoms with Gasteiger partial charge in [-0.1, -0.05) is 135 Å². The van der Waals surface area contributed by atoms with Crippen LogP contribution in [0.1, 0.15) is 73.9 Å². The molecule has 2 aliphatic carbocycles. The minimum atomic E-state index is -0.426. The second kappa shape index (κ2) is 13.1. The van der Waals surface area contributed by atoms with Crippen LogP contribution >= 0.6 is 0 Å². The van der Waals surface area contributed by atoms with E-state index in [1.807, 2.05) is 36.4 Å². The summed E-state index contributed by atoms with van der Waals surface area (Å²) in [4.78, 5) is 0. The van der Waals surface area contributed by atoms with Crippen LogP contribution in [-0.4, -0.2) is 11.3 Å². The van der Waals surface area contributed by atoms with Crippen molar-refractivity contribution in [1.29, 1.82) is 10.5 Å². The number of hydrogen-bond donors (Lipinski definition) is 1. The Morgan fingerprint density at radius 1 is 0.774 bits per heavy atom. The number of hydrogen-bond acceptors (Lipinski definition) is 3. The first-order valence-corrected chi connectivity index (χ1v) is 21.8. The van der Waals surface area contributed by atoms with Crippen molar-refractivity contribution in [1.82, 2.24) is 4.57 Å². The molecule has 2 unspecified atom stereocenters. The smallest absolute Gasteiger partial charge is 0.243 e. The summed E-state index contributed by atoms with van der Waals surface area (Å²) >= 11 is 0. The van der Waals surface area contributed by atoms with E-state index in [4.69, 9.17) is 0 Å². The zero-order valence-corrected chi connectivity index (χ0v) is 35.3. The van der Waals surface area contributed by atoms with Crippen LogP contribution in [0.4, 0.5) is 5.69 Å². The fourth-order valence-corrected chi connectivity index (χ4v) is 11.8. The molecule has 0 amide bonds. The first-order valence-electron chi connectivity index (χ1n) is 21.8. The highest BCUT2D eigenvalue weighted by Gasteiger charge is 2.54. The number of anilines is 1. The van der Waals surface area contributed by atoms with E-state index >= 15 is 0 Å². The quantitative estimate of drug-likeness (QED) is 0.181. The van der Waals surface area contributed by atoms with Gasteiger partial charge in [-0.2, -0.15) is 10.5 Å². The molecule has 0 radical (unpaired) electrons. The zero-order chi connectivity index (χ0) is 42.1. The molecule has 3 heterocycles. The molecule has 4 aliphatic rings. The normalized spacial score (nSPS) is 18.2. The highest BCUT2D eigenvalue weighted by molar-refractivity contribution is 6.99. The summed E-state index contributed by atoms with van der Waals surface area (Å²) in [6.07, 6.45) is 11.3. The van der Waals surface area contributed by atoms with Gasteiger partial charge in [0.05, 0.1) is 34.3 Å². The molecular weight excluding hydrogens is 751 g/mol. The van der Waals surface area contributed by atoms with E-state index < -0.39 is 5.41 Å². The molecule has 7 aromatic carbocycles. The van der Waals surface area contributed by atoms with Crippen LogP contribution < -0.4 is 21.7 Å². The van der Waals surface area contributed by atoms with Crippen molar-refractivity contribution in [2.45, 2.75) is 51.4 Å². The second-order valence-electron chi connectivity index (χ2n) is 18.8. The average Bonchev–Trinajstić information content (AvgIpc) is 3.62. The molecule has 0 saturated heterocycles. The van der Waals surface area contributed by atoms with Crippen LogP contribution in [0.15, 0.2) is 157 Å². The lowest BCUT2D eigenvalue weighted by Gasteiger charge is -2.52. The van der Waals surface area contributed by atoms with E-state index in [0.717, 1.165) is 29.7 Å². The van der Waals surface area contributed by atoms with Crippen molar-refractivity contribution in [2.75, 3.05) is 5.32 Å². The van der Waals surface area contributed by atoms with E-state index in [2.05, 4.69) is 165 Å². The third-order valence-corrected chi connectivity index (χ3v) is 14.4. The van der Waals surface area contributed by atoms with Crippen LogP contribution in [0.25, 0.3) is 55.5 Å². The Morgan fingerprint density at radius 3 is 2.26 bits per heavy atom. The minimum Gasteiger partial charge on any atom is -0.358 e. The maximum absolute atomic E-state index is 9.71. The molecule has 2 atom stereocenters. The summed E-state index contributed by atoms with van der Waals surface area (Å²) < 4.78 is 2.40. The Morgan fingerprint density at radius 2 is 1.52 bits per heavy atom. The van der Waals surface area contributed by atoms with Gasteiger partial charge >= 0.3 is 0 Å². The second-order valence-corrected chi connectivity index (χ2v) is 18.8. The lowest BCUT2D eigenvalue weighted by atomic mass is 9.27. The van der Waals surface area contributed by atoms with Gasteiger partial charge in [0, 0.05) is 39.2 Å². The van der Waals surface area contributed by atoms with Gasteiger partial charge in [-0.25, -0.2) is 0 Å². The largest absolute Gasteiger partial charge is 0.358 e. The van der Waals surface area contributed by atoms with Gasteiger partial charge in [0.1, 0.15) is 0 Å². The molecule has 1 N–H and O–H groups in total. The fourth-order valence-electron chi connectivity index (χ4n) is 11.8. The topological polar surface area (TPSA) is 64.5 Å². The summed E-state index contributed by atoms with van der Waals surface area (Å²) in [7, 11) is 0. The SMILES string of the molecule is CC(C)(C)c1cc2c3c(c1)C1(C)c4c(cccc4B3c3cccc4cc5c(c-2c34)c2ccccc2n5-c2ccc(C#N)cc2)C=C(Nc2ccc(C#N)cc2)C1C1=CC=CCC1. The number of allylic oxidation sites excluding steroid dienone is 4. The van der Waals surface area contributed by atoms with Crippen LogP contribution in [-0.2, 0) is 10.8 Å². The number of rotatable bonds is 4. The molecule has 4 nitrogen and oxygen atoms in total. The van der Waals surface area contributed by atoms with Gasteiger partial charge < -0.3 is 9.88 Å². The number of benzene rings is 7. The number of aromatic nitrogens is 1. The average molecular weight is 795 g/mol. The maximum Gasteiger partial charge on any atom is 0.243 e. The predicted octanol–water partition coefficient (Wildman–Crippen LogP) is 11.5. The maximum atomic E-state index is 9.71. The fraction of sp³-hybridized carbons (Fsp3) is 0.158. The van der Waals surface area contributed by atoms with Gasteiger partial charge in [-0.05, 0) is 129 Å². The highest BCUT2D eigenvalue weighted by Crippen LogP contribution is 2.55. The lowest BCUT2D eigenvalue weighted by molar-refractivity contribution is 0.433. The monoisotopic (exact) mass is 794 g/mol. The molecule has 0 saturated carbocycles. The Hall–Kier alpha value is -7.34. The Balaban J connectivity index is 1.22. The van der Waals surface area contributed by atoms with E-state index in [9.17, 15) is 10.5 Å². The van der Waals surface area contributed by atoms with Crippen molar-refractivity contribution in [3.8, 4) is 29.0 Å². The van der Waals surface area contributed by atoms with Crippen molar-refractivity contribution in [3.05, 3.63) is 190 Å². The Labute approximate surface area is 362 Å². The molecule has 2 aliphatic heterocycles. The van der Waals surface area contributed by atoms with Crippen molar-refractivity contribution in [2.24, 2.45) is 5.92 Å². The molecule has 12 rings (SSSR count). The zero-order valence-electron chi connectivity index (χ0n) is 35.3. The van der Waals surface area contributed by atoms with Gasteiger partial charge in [0.15, 0.2) is 0 Å². The van der Waals surface area contributed by atoms with Gasteiger partial charge in [0.25, 0.3) is 0 Å². The molecule has 1 aromatic heterocycles. The summed E-state index contributed by atoms with van der Waals surface area (Å²) in [5.74, 6) is 0.0308. The van der Waals surface area contributed by atoms with Crippen LogP contribution in [0.2, 0.25) is 0 Å². The number of fused-ring (bicyclic) bond motifs is 8. The van der Waals surface area contributed by atoms with Gasteiger partial charge in [0.2, 0.25) is 6.71 Å². The highest BCUT2D eigenvalue weighted by atomic mass is 15.0. The molecule has 0 spiro atoms. The summed E-state index contributed by atoms with van der Waals surface area (Å²) in [6.45, 7) is 9.67. The van der Waals surface area contributed by atoms with E-state index in [0.29, 0.717) is 11.1 Å². The van der Waals surface area contributed by atoms with Crippen LogP contribution in [0.5, 0.6) is 0 Å². The third-order valence-electron chi connectivity index (χ3n) is 14.4. The third kappa shape index (κ3) is 5.00. The van der Waals surface area contributed by atoms with E-state index in [1.54, 1.807) is 0 Å². The molecule has 294 valence electrons. The minimum absolute atomic E-state index is 0.0308. The summed E-state index contributed by atoms with van der Waals surface area (Å²) in [5.41, 5.74) is 20.0. The number of nitriles is 2. The summed E-state index contributed by atoms with van der Waals surface area (Å²) in [6, 6.07) is 50.9. The molecular formula is C57H43BN4. The van der Waals surface area contributed by atoms with Gasteiger partial charge in [-0.3, -0.25) is 0 Å². The first kappa shape index (κ1) is 36.5. The van der Waals surface area contributed by atoms with Gasteiger partial charge in [-0.15, -0.1) is 0 Å². The predicted molar refractivity (Wildman–Crippen MR) is 257 cm³/mol. The number of nitrogens with one attached hydrogen (secondary N) is 1. The number of para-hydroxylation sites is 1. The van der Waals surface area contributed by atoms with Crippen LogP contribution in [0, 0.1) is 28.6 Å². The van der Waals surface area contributed by atoms with E-state index in [-0.39, 0.29) is 18.0 Å². The number of nitrogens with zero attached hydrogens (tertiary/aromatic N) is 3. The molecule has 0 fully saturated rings. The Kier molecular flexibility index (Phi) is 7.70. The summed E-state index contributed by atoms with van der Waals surface area (Å²) in [5, 5.41) is 28.4. The van der Waals surface area contributed by atoms with E-state index in [1.165, 1.54) is 88.1 Å². The Bertz CT molecular complexity index is 3450. The molecule has 5 heteroatoms. The molecule has 62 heavy (non-hydrogen) atoms. The van der Waals surface area contributed by atoms with Crippen molar-refractivity contribution >= 4 is 67.4 Å². The van der Waals surface area contributed by atoms with Crippen molar-refractivity contribution in [3.63, 3.8) is 0 Å².